The van der Waals surface area contributed by atoms with Crippen LogP contribution >= 0.6 is 11.6 Å². The normalized spacial score (nSPS) is 14.6. The molecule has 3 nitrogen and oxygen atoms in total. The molecule has 0 saturated heterocycles. The molecule has 1 aromatic carbocycles. The number of nitrogens with one attached hydrogen (secondary N) is 1. The predicted octanol–water partition coefficient (Wildman–Crippen LogP) is 3.43. The van der Waals surface area contributed by atoms with E-state index in [9.17, 15) is 4.79 Å². The summed E-state index contributed by atoms with van der Waals surface area (Å²) in [5.74, 6) is 1.01. The van der Waals surface area contributed by atoms with Crippen molar-refractivity contribution in [1.82, 2.24) is 5.32 Å². The molecule has 0 heterocycles. The number of carbonyl (C=O) groups excluding carboxylic acids is 1. The molecule has 0 aromatic heterocycles. The van der Waals surface area contributed by atoms with Crippen LogP contribution in [0.5, 0.6) is 5.75 Å². The number of rotatable bonds is 5. The standard InChI is InChI=1S/C15H20ClNO2/c1-9(2)12-7-13(16)10(3)6-14(12)19-8-15(18)17-11-4-5-11/h6-7,9,11H,4-5,8H2,1-3H3,(H,17,18). The van der Waals surface area contributed by atoms with Crippen molar-refractivity contribution in [2.75, 3.05) is 6.61 Å². The Bertz CT molecular complexity index is 481. The highest BCUT2D eigenvalue weighted by Crippen LogP contribution is 2.32. The molecule has 0 spiro atoms. The van der Waals surface area contributed by atoms with Crippen LogP contribution in [0, 0.1) is 6.92 Å². The Balaban J connectivity index is 2.05. The van der Waals surface area contributed by atoms with Gasteiger partial charge in [0.1, 0.15) is 5.75 Å². The van der Waals surface area contributed by atoms with E-state index in [0.29, 0.717) is 12.0 Å². The van der Waals surface area contributed by atoms with Gasteiger partial charge in [-0.15, -0.1) is 0 Å². The van der Waals surface area contributed by atoms with Gasteiger partial charge in [0, 0.05) is 11.1 Å². The van der Waals surface area contributed by atoms with Crippen LogP contribution in [0.2, 0.25) is 5.02 Å². The summed E-state index contributed by atoms with van der Waals surface area (Å²) in [6.07, 6.45) is 2.17. The molecule has 104 valence electrons. The Morgan fingerprint density at radius 2 is 2.16 bits per heavy atom. The van der Waals surface area contributed by atoms with Gasteiger partial charge in [-0.2, -0.15) is 0 Å². The van der Waals surface area contributed by atoms with Gasteiger partial charge < -0.3 is 10.1 Å². The average molecular weight is 282 g/mol. The maximum absolute atomic E-state index is 11.6. The summed E-state index contributed by atoms with van der Waals surface area (Å²) in [7, 11) is 0. The van der Waals surface area contributed by atoms with E-state index in [1.165, 1.54) is 0 Å². The summed E-state index contributed by atoms with van der Waals surface area (Å²) in [4.78, 5) is 11.6. The molecule has 1 aliphatic rings. The second-order valence-electron chi connectivity index (χ2n) is 5.42. The van der Waals surface area contributed by atoms with Crippen molar-refractivity contribution in [3.05, 3.63) is 28.3 Å². The molecular weight excluding hydrogens is 262 g/mol. The Labute approximate surface area is 119 Å². The maximum Gasteiger partial charge on any atom is 0.258 e. The first-order valence-electron chi connectivity index (χ1n) is 6.69. The third-order valence-electron chi connectivity index (χ3n) is 3.21. The van der Waals surface area contributed by atoms with E-state index in [1.807, 2.05) is 19.1 Å². The van der Waals surface area contributed by atoms with Gasteiger partial charge in [0.15, 0.2) is 6.61 Å². The Morgan fingerprint density at radius 1 is 1.47 bits per heavy atom. The molecule has 1 aliphatic carbocycles. The van der Waals surface area contributed by atoms with Crippen LogP contribution in [0.15, 0.2) is 12.1 Å². The van der Waals surface area contributed by atoms with Gasteiger partial charge in [-0.25, -0.2) is 0 Å². The molecule has 0 atom stereocenters. The van der Waals surface area contributed by atoms with E-state index in [4.69, 9.17) is 16.3 Å². The molecule has 0 unspecified atom stereocenters. The molecule has 0 radical (unpaired) electrons. The SMILES string of the molecule is Cc1cc(OCC(=O)NC2CC2)c(C(C)C)cc1Cl. The second kappa shape index (κ2) is 5.83. The number of ether oxygens (including phenoxy) is 1. The van der Waals surface area contributed by atoms with Gasteiger partial charge in [0.05, 0.1) is 0 Å². The van der Waals surface area contributed by atoms with Crippen molar-refractivity contribution < 1.29 is 9.53 Å². The molecule has 1 N–H and O–H groups in total. The molecule has 1 fully saturated rings. The molecule has 1 amide bonds. The van der Waals surface area contributed by atoms with Crippen LogP contribution in [0.3, 0.4) is 0 Å². The van der Waals surface area contributed by atoms with Crippen molar-refractivity contribution in [1.29, 1.82) is 0 Å². The lowest BCUT2D eigenvalue weighted by molar-refractivity contribution is -0.123. The first kappa shape index (κ1) is 14.2. The van der Waals surface area contributed by atoms with E-state index in [1.54, 1.807) is 0 Å². The Kier molecular flexibility index (Phi) is 4.35. The first-order valence-corrected chi connectivity index (χ1v) is 7.07. The van der Waals surface area contributed by atoms with Crippen LogP contribution in [0.4, 0.5) is 0 Å². The Morgan fingerprint density at radius 3 is 2.74 bits per heavy atom. The summed E-state index contributed by atoms with van der Waals surface area (Å²) in [5, 5.41) is 3.64. The zero-order valence-electron chi connectivity index (χ0n) is 11.6. The lowest BCUT2D eigenvalue weighted by Crippen LogP contribution is -2.30. The molecule has 1 aromatic rings. The van der Waals surface area contributed by atoms with Crippen molar-refractivity contribution in [2.45, 2.75) is 45.6 Å². The zero-order chi connectivity index (χ0) is 14.0. The van der Waals surface area contributed by atoms with Gasteiger partial charge in [-0.1, -0.05) is 25.4 Å². The lowest BCUT2D eigenvalue weighted by atomic mass is 10.0. The number of halogens is 1. The fraction of sp³-hybridized carbons (Fsp3) is 0.533. The number of aryl methyl sites for hydroxylation is 1. The Hall–Kier alpha value is -1.22. The van der Waals surface area contributed by atoms with Crippen LogP contribution in [-0.2, 0) is 4.79 Å². The summed E-state index contributed by atoms with van der Waals surface area (Å²) < 4.78 is 5.65. The lowest BCUT2D eigenvalue weighted by Gasteiger charge is -2.15. The largest absolute Gasteiger partial charge is 0.483 e. The van der Waals surface area contributed by atoms with E-state index in [-0.39, 0.29) is 12.5 Å². The average Bonchev–Trinajstić information content (AvgIpc) is 3.13. The van der Waals surface area contributed by atoms with Crippen LogP contribution < -0.4 is 10.1 Å². The fourth-order valence-electron chi connectivity index (χ4n) is 1.89. The topological polar surface area (TPSA) is 38.3 Å². The van der Waals surface area contributed by atoms with Gasteiger partial charge in [0.2, 0.25) is 0 Å². The van der Waals surface area contributed by atoms with E-state index in [0.717, 1.165) is 34.7 Å². The number of benzene rings is 1. The van der Waals surface area contributed by atoms with E-state index < -0.39 is 0 Å². The highest BCUT2D eigenvalue weighted by molar-refractivity contribution is 6.31. The number of hydrogen-bond acceptors (Lipinski definition) is 2. The number of carbonyl (C=O) groups is 1. The van der Waals surface area contributed by atoms with Gasteiger partial charge >= 0.3 is 0 Å². The quantitative estimate of drug-likeness (QED) is 0.898. The third kappa shape index (κ3) is 3.87. The van der Waals surface area contributed by atoms with Crippen molar-refractivity contribution >= 4 is 17.5 Å². The highest BCUT2D eigenvalue weighted by Gasteiger charge is 2.23. The molecule has 1 saturated carbocycles. The van der Waals surface area contributed by atoms with Crippen LogP contribution in [-0.4, -0.2) is 18.6 Å². The number of hydrogen-bond donors (Lipinski definition) is 1. The van der Waals surface area contributed by atoms with Gasteiger partial charge in [-0.3, -0.25) is 4.79 Å². The molecule has 0 aliphatic heterocycles. The second-order valence-corrected chi connectivity index (χ2v) is 5.83. The van der Waals surface area contributed by atoms with Gasteiger partial charge in [-0.05, 0) is 48.9 Å². The molecule has 19 heavy (non-hydrogen) atoms. The molecule has 0 bridgehead atoms. The number of amides is 1. The predicted molar refractivity (Wildman–Crippen MR) is 76.9 cm³/mol. The minimum absolute atomic E-state index is 0.0511. The summed E-state index contributed by atoms with van der Waals surface area (Å²) in [5.41, 5.74) is 2.00. The monoisotopic (exact) mass is 281 g/mol. The molecule has 2 rings (SSSR count). The van der Waals surface area contributed by atoms with Crippen molar-refractivity contribution in [3.8, 4) is 5.75 Å². The van der Waals surface area contributed by atoms with Crippen LogP contribution in [0.1, 0.15) is 43.7 Å². The minimum atomic E-state index is -0.0511. The molecular formula is C15H20ClNO2. The van der Waals surface area contributed by atoms with Crippen molar-refractivity contribution in [2.24, 2.45) is 0 Å². The summed E-state index contributed by atoms with van der Waals surface area (Å²) in [6, 6.07) is 4.20. The van der Waals surface area contributed by atoms with Gasteiger partial charge in [0.25, 0.3) is 5.91 Å². The van der Waals surface area contributed by atoms with Crippen LogP contribution in [0.25, 0.3) is 0 Å². The highest BCUT2D eigenvalue weighted by atomic mass is 35.5. The first-order chi connectivity index (χ1) is 8.97. The summed E-state index contributed by atoms with van der Waals surface area (Å²) in [6.45, 7) is 6.16. The minimum Gasteiger partial charge on any atom is -0.483 e. The smallest absolute Gasteiger partial charge is 0.258 e. The summed E-state index contributed by atoms with van der Waals surface area (Å²) >= 11 is 6.13. The van der Waals surface area contributed by atoms with E-state index in [2.05, 4.69) is 19.2 Å². The van der Waals surface area contributed by atoms with E-state index >= 15 is 0 Å². The molecule has 4 heteroatoms. The fourth-order valence-corrected chi connectivity index (χ4v) is 2.06. The maximum atomic E-state index is 11.6. The zero-order valence-corrected chi connectivity index (χ0v) is 12.4. The van der Waals surface area contributed by atoms with Crippen molar-refractivity contribution in [3.63, 3.8) is 0 Å². The third-order valence-corrected chi connectivity index (χ3v) is 3.62.